The Morgan fingerprint density at radius 1 is 1.18 bits per heavy atom. The second-order valence-corrected chi connectivity index (χ2v) is 6.43. The second kappa shape index (κ2) is 4.84. The van der Waals surface area contributed by atoms with Gasteiger partial charge in [-0.1, -0.05) is 24.1 Å². The Balaban J connectivity index is 1.54. The topological polar surface area (TPSA) is 64.9 Å². The fourth-order valence-corrected chi connectivity index (χ4v) is 3.43. The van der Waals surface area contributed by atoms with Gasteiger partial charge in [-0.2, -0.15) is 4.98 Å². The van der Waals surface area contributed by atoms with Crippen LogP contribution < -0.4 is 5.73 Å². The Hall–Kier alpha value is -1.82. The summed E-state index contributed by atoms with van der Waals surface area (Å²) in [6, 6.07) is 3.69. The number of halogens is 2. The van der Waals surface area contributed by atoms with Crippen LogP contribution in [-0.2, 0) is 5.54 Å². The van der Waals surface area contributed by atoms with Crippen molar-refractivity contribution in [3.8, 4) is 0 Å². The van der Waals surface area contributed by atoms with Gasteiger partial charge in [0.05, 0.1) is 5.54 Å². The lowest BCUT2D eigenvalue weighted by Crippen LogP contribution is -2.34. The third kappa shape index (κ3) is 2.22. The molecule has 2 unspecified atom stereocenters. The minimum absolute atomic E-state index is 0.00575. The Labute approximate surface area is 126 Å². The highest BCUT2D eigenvalue weighted by Crippen LogP contribution is 2.55. The minimum atomic E-state index is -0.565. The van der Waals surface area contributed by atoms with Gasteiger partial charge in [-0.15, -0.1) is 0 Å². The van der Waals surface area contributed by atoms with Crippen molar-refractivity contribution in [2.75, 3.05) is 0 Å². The molecule has 2 fully saturated rings. The van der Waals surface area contributed by atoms with Gasteiger partial charge >= 0.3 is 0 Å². The molecule has 2 atom stereocenters. The van der Waals surface area contributed by atoms with Gasteiger partial charge in [0, 0.05) is 12.0 Å². The van der Waals surface area contributed by atoms with E-state index >= 15 is 0 Å². The van der Waals surface area contributed by atoms with E-state index in [9.17, 15) is 8.78 Å². The molecule has 2 aliphatic carbocycles. The van der Waals surface area contributed by atoms with E-state index < -0.39 is 17.2 Å². The molecular weight excluding hydrogens is 288 g/mol. The number of nitrogens with two attached hydrogens (primary N) is 1. The summed E-state index contributed by atoms with van der Waals surface area (Å²) in [4.78, 5) is 4.45. The first-order valence-corrected chi connectivity index (χ1v) is 7.65. The van der Waals surface area contributed by atoms with Crippen molar-refractivity contribution in [1.82, 2.24) is 10.1 Å². The molecule has 0 aliphatic heterocycles. The van der Waals surface area contributed by atoms with E-state index in [-0.39, 0.29) is 11.8 Å². The van der Waals surface area contributed by atoms with E-state index in [1.807, 2.05) is 0 Å². The average Bonchev–Trinajstić information content (AvgIpc) is 2.91. The smallest absolute Gasteiger partial charge is 0.230 e. The first-order valence-electron chi connectivity index (χ1n) is 7.65. The number of hydrogen-bond acceptors (Lipinski definition) is 4. The monoisotopic (exact) mass is 305 g/mol. The Morgan fingerprint density at radius 2 is 1.95 bits per heavy atom. The quantitative estimate of drug-likeness (QED) is 0.944. The maximum Gasteiger partial charge on any atom is 0.230 e. The Kier molecular flexibility index (Phi) is 3.04. The van der Waals surface area contributed by atoms with E-state index in [1.165, 1.54) is 12.1 Å². The van der Waals surface area contributed by atoms with E-state index in [0.29, 0.717) is 17.3 Å². The summed E-state index contributed by atoms with van der Waals surface area (Å²) in [7, 11) is 0. The maximum absolute atomic E-state index is 13.8. The summed E-state index contributed by atoms with van der Waals surface area (Å²) in [5.41, 5.74) is 6.34. The highest BCUT2D eigenvalue weighted by molar-refractivity contribution is 5.32. The van der Waals surface area contributed by atoms with Crippen molar-refractivity contribution in [2.24, 2.45) is 5.73 Å². The van der Waals surface area contributed by atoms with Gasteiger partial charge in [-0.25, -0.2) is 8.78 Å². The number of rotatable bonds is 3. The molecule has 1 heterocycles. The lowest BCUT2D eigenvalue weighted by atomic mass is 9.99. The highest BCUT2D eigenvalue weighted by atomic mass is 19.1. The molecule has 2 saturated carbocycles. The van der Waals surface area contributed by atoms with Crippen LogP contribution in [0, 0.1) is 11.6 Å². The van der Waals surface area contributed by atoms with Gasteiger partial charge in [-0.05, 0) is 36.8 Å². The van der Waals surface area contributed by atoms with Crippen LogP contribution in [0.4, 0.5) is 8.78 Å². The summed E-state index contributed by atoms with van der Waals surface area (Å²) in [6.45, 7) is 0. The molecule has 1 aromatic heterocycles. The molecule has 2 N–H and O–H groups in total. The highest BCUT2D eigenvalue weighted by Gasteiger charge is 2.46. The number of nitrogens with zero attached hydrogens (tertiary/aromatic N) is 2. The normalized spacial score (nSPS) is 26.3. The molecule has 0 saturated heterocycles. The molecule has 0 radical (unpaired) electrons. The number of aromatic nitrogens is 2. The van der Waals surface area contributed by atoms with Gasteiger partial charge < -0.3 is 10.3 Å². The summed E-state index contributed by atoms with van der Waals surface area (Å²) >= 11 is 0. The van der Waals surface area contributed by atoms with Crippen molar-refractivity contribution < 1.29 is 13.3 Å². The van der Waals surface area contributed by atoms with Crippen LogP contribution >= 0.6 is 0 Å². The largest absolute Gasteiger partial charge is 0.339 e. The third-order valence-electron chi connectivity index (χ3n) is 4.85. The van der Waals surface area contributed by atoms with Gasteiger partial charge in [0.15, 0.2) is 5.82 Å². The Bertz CT molecular complexity index is 709. The average molecular weight is 305 g/mol. The predicted octanol–water partition coefficient (Wildman–Crippen LogP) is 3.35. The van der Waals surface area contributed by atoms with E-state index in [4.69, 9.17) is 10.3 Å². The van der Waals surface area contributed by atoms with Crippen molar-refractivity contribution in [3.63, 3.8) is 0 Å². The van der Waals surface area contributed by atoms with E-state index in [1.54, 1.807) is 0 Å². The van der Waals surface area contributed by atoms with Crippen LogP contribution in [0.2, 0.25) is 0 Å². The SMILES string of the molecule is NC1(c2noc(C3CC3c3ccc(F)cc3F)n2)CCCC1. The first kappa shape index (κ1) is 13.8. The zero-order chi connectivity index (χ0) is 15.3. The summed E-state index contributed by atoms with van der Waals surface area (Å²) in [5.74, 6) is -0.0220. The summed E-state index contributed by atoms with van der Waals surface area (Å²) in [5, 5.41) is 4.03. The van der Waals surface area contributed by atoms with E-state index in [0.717, 1.165) is 38.2 Å². The second-order valence-electron chi connectivity index (χ2n) is 6.43. The molecule has 4 nitrogen and oxygen atoms in total. The molecule has 6 heteroatoms. The molecular formula is C16H17F2N3O. The minimum Gasteiger partial charge on any atom is -0.339 e. The fourth-order valence-electron chi connectivity index (χ4n) is 3.43. The van der Waals surface area contributed by atoms with Gasteiger partial charge in [0.25, 0.3) is 0 Å². The maximum atomic E-state index is 13.8. The molecule has 2 aromatic rings. The molecule has 0 spiro atoms. The van der Waals surface area contributed by atoms with Crippen molar-refractivity contribution >= 4 is 0 Å². The Morgan fingerprint density at radius 3 is 2.68 bits per heavy atom. The molecule has 0 amide bonds. The van der Waals surface area contributed by atoms with Crippen LogP contribution in [0.3, 0.4) is 0 Å². The molecule has 22 heavy (non-hydrogen) atoms. The zero-order valence-corrected chi connectivity index (χ0v) is 12.1. The van der Waals surface area contributed by atoms with Crippen LogP contribution in [0.1, 0.15) is 61.2 Å². The fraction of sp³-hybridized carbons (Fsp3) is 0.500. The lowest BCUT2D eigenvalue weighted by molar-refractivity contribution is 0.348. The molecule has 116 valence electrons. The molecule has 2 aliphatic rings. The first-order chi connectivity index (χ1) is 10.6. The van der Waals surface area contributed by atoms with Crippen LogP contribution in [0.25, 0.3) is 0 Å². The summed E-state index contributed by atoms with van der Waals surface area (Å²) < 4.78 is 32.1. The predicted molar refractivity (Wildman–Crippen MR) is 75.1 cm³/mol. The number of benzene rings is 1. The summed E-state index contributed by atoms with van der Waals surface area (Å²) in [6.07, 6.45) is 4.63. The van der Waals surface area contributed by atoms with Crippen LogP contribution in [-0.4, -0.2) is 10.1 Å². The van der Waals surface area contributed by atoms with Crippen molar-refractivity contribution in [2.45, 2.75) is 49.5 Å². The third-order valence-corrected chi connectivity index (χ3v) is 4.85. The van der Waals surface area contributed by atoms with Crippen LogP contribution in [0.15, 0.2) is 22.7 Å². The van der Waals surface area contributed by atoms with Gasteiger partial charge in [-0.3, -0.25) is 0 Å². The molecule has 4 rings (SSSR count). The van der Waals surface area contributed by atoms with Gasteiger partial charge in [0.1, 0.15) is 11.6 Å². The van der Waals surface area contributed by atoms with Crippen molar-refractivity contribution in [1.29, 1.82) is 0 Å². The van der Waals surface area contributed by atoms with Gasteiger partial charge in [0.2, 0.25) is 5.89 Å². The lowest BCUT2D eigenvalue weighted by Gasteiger charge is -2.17. The van der Waals surface area contributed by atoms with Crippen LogP contribution in [0.5, 0.6) is 0 Å². The zero-order valence-electron chi connectivity index (χ0n) is 12.1. The molecule has 0 bridgehead atoms. The molecule has 1 aromatic carbocycles. The standard InChI is InChI=1S/C16H17F2N3O/c17-9-3-4-10(13(18)7-9)11-8-12(11)14-20-15(21-22-14)16(19)5-1-2-6-16/h3-4,7,11-12H,1-2,5-6,8,19H2. The van der Waals surface area contributed by atoms with Crippen molar-refractivity contribution in [3.05, 3.63) is 47.1 Å². The number of hydrogen-bond donors (Lipinski definition) is 1. The van der Waals surface area contributed by atoms with E-state index in [2.05, 4.69) is 10.1 Å².